The first-order valence-electron chi connectivity index (χ1n) is 5.94. The van der Waals surface area contributed by atoms with Gasteiger partial charge in [0.15, 0.2) is 0 Å². The molecule has 0 saturated carbocycles. The van der Waals surface area contributed by atoms with Gasteiger partial charge in [0.25, 0.3) is 0 Å². The van der Waals surface area contributed by atoms with Crippen molar-refractivity contribution in [2.24, 2.45) is 0 Å². The predicted octanol–water partition coefficient (Wildman–Crippen LogP) is -0.0276. The molecule has 0 bridgehead atoms. The normalized spacial score (nSPS) is 13.6. The lowest BCUT2D eigenvalue weighted by Gasteiger charge is -2.42. The van der Waals surface area contributed by atoms with Crippen molar-refractivity contribution < 1.29 is 24.2 Å². The fourth-order valence-corrected chi connectivity index (χ4v) is 1.89. The van der Waals surface area contributed by atoms with Crippen LogP contribution in [0.1, 0.15) is 33.6 Å². The lowest BCUT2D eigenvalue weighted by atomic mass is 9.93. The van der Waals surface area contributed by atoms with Gasteiger partial charge in [-0.3, -0.25) is 0 Å². The summed E-state index contributed by atoms with van der Waals surface area (Å²) in [5.41, 5.74) is -0.396. The van der Waals surface area contributed by atoms with Gasteiger partial charge in [0.1, 0.15) is 5.60 Å². The summed E-state index contributed by atoms with van der Waals surface area (Å²) in [6, 6.07) is 0. The third kappa shape index (κ3) is 6.00. The molecule has 0 spiro atoms. The lowest BCUT2D eigenvalue weighted by Crippen LogP contribution is -2.59. The zero-order valence-electron chi connectivity index (χ0n) is 11.9. The van der Waals surface area contributed by atoms with E-state index in [0.717, 1.165) is 12.8 Å². The third-order valence-corrected chi connectivity index (χ3v) is 2.83. The van der Waals surface area contributed by atoms with Crippen LogP contribution in [0.15, 0.2) is 0 Å². The first kappa shape index (κ1) is 18.7. The van der Waals surface area contributed by atoms with Crippen molar-refractivity contribution in [1.82, 2.24) is 0 Å². The molecule has 1 N–H and O–H groups in total. The first-order chi connectivity index (χ1) is 7.75. The van der Waals surface area contributed by atoms with Gasteiger partial charge in [-0.2, -0.15) is 0 Å². The van der Waals surface area contributed by atoms with Crippen LogP contribution in [0, 0.1) is 0 Å². The van der Waals surface area contributed by atoms with Crippen molar-refractivity contribution in [3.63, 3.8) is 0 Å². The Morgan fingerprint density at radius 2 is 1.65 bits per heavy atom. The molecule has 0 fully saturated rings. The molecule has 0 aromatic rings. The summed E-state index contributed by atoms with van der Waals surface area (Å²) in [5, 5.41) is 18.5. The molecular formula is C12H27NO4. The van der Waals surface area contributed by atoms with Crippen LogP contribution in [0.4, 0.5) is 0 Å². The van der Waals surface area contributed by atoms with E-state index in [1.54, 1.807) is 0 Å². The Hall–Kier alpha value is -0.650. The van der Waals surface area contributed by atoms with Gasteiger partial charge >= 0.3 is 0 Å². The molecule has 0 radical (unpaired) electrons. The quantitative estimate of drug-likeness (QED) is 0.408. The van der Waals surface area contributed by atoms with E-state index in [4.69, 9.17) is 14.6 Å². The molecular weight excluding hydrogens is 222 g/mol. The van der Waals surface area contributed by atoms with E-state index in [2.05, 4.69) is 13.8 Å². The number of ether oxygens (including phenoxy) is 1. The van der Waals surface area contributed by atoms with Crippen LogP contribution in [0.25, 0.3) is 0 Å². The molecule has 0 saturated heterocycles. The lowest BCUT2D eigenvalue weighted by molar-refractivity contribution is -0.927. The van der Waals surface area contributed by atoms with E-state index in [1.165, 1.54) is 0 Å². The Labute approximate surface area is 105 Å². The number of aliphatic hydroxyl groups is 1. The van der Waals surface area contributed by atoms with Gasteiger partial charge in [-0.25, -0.2) is 0 Å². The Bertz CT molecular complexity index is 197. The monoisotopic (exact) mass is 249 g/mol. The van der Waals surface area contributed by atoms with Gasteiger partial charge in [-0.15, -0.1) is 0 Å². The average molecular weight is 249 g/mol. The van der Waals surface area contributed by atoms with Crippen LogP contribution in [-0.2, 0) is 9.53 Å². The largest absolute Gasteiger partial charge is 0.554 e. The molecule has 0 aliphatic carbocycles. The topological polar surface area (TPSA) is 69.6 Å². The van der Waals surface area contributed by atoms with Crippen molar-refractivity contribution in [3.05, 3.63) is 0 Å². The summed E-state index contributed by atoms with van der Waals surface area (Å²) in [4.78, 5) is 8.25. The minimum Gasteiger partial charge on any atom is -0.554 e. The molecule has 5 nitrogen and oxygen atoms in total. The minimum absolute atomic E-state index is 0.396. The van der Waals surface area contributed by atoms with E-state index in [1.807, 2.05) is 28.1 Å². The highest BCUT2D eigenvalue weighted by atomic mass is 16.5. The fourth-order valence-electron chi connectivity index (χ4n) is 1.89. The van der Waals surface area contributed by atoms with Crippen molar-refractivity contribution >= 4 is 6.47 Å². The van der Waals surface area contributed by atoms with Crippen LogP contribution in [0.2, 0.25) is 0 Å². The minimum atomic E-state index is -0.500. The summed E-state index contributed by atoms with van der Waals surface area (Å²) >= 11 is 0. The zero-order chi connectivity index (χ0) is 14.1. The summed E-state index contributed by atoms with van der Waals surface area (Å²) in [6.45, 7) is 6.26. The predicted molar refractivity (Wildman–Crippen MR) is 65.0 cm³/mol. The van der Waals surface area contributed by atoms with E-state index in [-0.39, 0.29) is 0 Å². The van der Waals surface area contributed by atoms with Crippen LogP contribution in [0.3, 0.4) is 0 Å². The van der Waals surface area contributed by atoms with Gasteiger partial charge in [0, 0.05) is 13.1 Å². The molecule has 0 heterocycles. The average Bonchev–Trinajstić information content (AvgIpc) is 2.25. The number of hydrogen-bond donors (Lipinski definition) is 1. The summed E-state index contributed by atoms with van der Waals surface area (Å²) < 4.78 is 6.27. The number of quaternary nitrogens is 1. The molecule has 0 aromatic heterocycles. The Morgan fingerprint density at radius 3 is 1.82 bits per heavy atom. The molecule has 5 heteroatoms. The van der Waals surface area contributed by atoms with Crippen molar-refractivity contribution in [1.29, 1.82) is 0 Å². The molecule has 104 valence electrons. The van der Waals surface area contributed by atoms with Crippen LogP contribution in [-0.4, -0.2) is 55.6 Å². The second-order valence-corrected chi connectivity index (χ2v) is 4.79. The fraction of sp³-hybridized carbons (Fsp3) is 0.917. The second-order valence-electron chi connectivity index (χ2n) is 4.79. The highest BCUT2D eigenvalue weighted by Gasteiger charge is 2.43. The maximum Gasteiger partial charge on any atom is 0.219 e. The number of hydrogen-bond acceptors (Lipinski definition) is 4. The number of rotatable bonds is 6. The Balaban J connectivity index is 0. The molecule has 0 rings (SSSR count). The van der Waals surface area contributed by atoms with Crippen molar-refractivity contribution in [2.75, 3.05) is 27.7 Å². The number of carbonyl (C=O) groups excluding carboxylic acids is 1. The SMILES string of the molecule is CCOC(CC)(CC)C(O)[N+](C)(C)C.O=C[O-]. The van der Waals surface area contributed by atoms with Gasteiger partial charge < -0.3 is 24.2 Å². The van der Waals surface area contributed by atoms with Crippen LogP contribution in [0.5, 0.6) is 0 Å². The van der Waals surface area contributed by atoms with Crippen LogP contribution < -0.4 is 5.11 Å². The van der Waals surface area contributed by atoms with Gasteiger partial charge in [-0.05, 0) is 19.8 Å². The van der Waals surface area contributed by atoms with Gasteiger partial charge in [0.05, 0.1) is 21.1 Å². The van der Waals surface area contributed by atoms with Crippen LogP contribution >= 0.6 is 0 Å². The molecule has 0 amide bonds. The standard InChI is InChI=1S/C11H26NO2.CH2O2/c1-7-11(8-2,14-9-3)10(13)12(4,5)6;2-1-3/h10,13H,7-9H2,1-6H3;1H,(H,2,3)/q+1;/p-1. The van der Waals surface area contributed by atoms with E-state index < -0.39 is 18.3 Å². The van der Waals surface area contributed by atoms with Gasteiger partial charge in [-0.1, -0.05) is 13.8 Å². The van der Waals surface area contributed by atoms with E-state index >= 15 is 0 Å². The zero-order valence-corrected chi connectivity index (χ0v) is 11.9. The third-order valence-electron chi connectivity index (χ3n) is 2.83. The highest BCUT2D eigenvalue weighted by Crippen LogP contribution is 2.28. The number of carbonyl (C=O) groups is 1. The molecule has 0 aliphatic heterocycles. The highest BCUT2D eigenvalue weighted by molar-refractivity contribution is 5.29. The van der Waals surface area contributed by atoms with Crippen molar-refractivity contribution in [2.45, 2.75) is 45.4 Å². The number of likely N-dealkylation sites (N-methyl/N-ethyl adjacent to an activating group) is 1. The molecule has 1 atom stereocenters. The summed E-state index contributed by atoms with van der Waals surface area (Å²) in [6.07, 6.45) is 1.21. The number of nitrogens with zero attached hydrogens (tertiary/aromatic N) is 1. The van der Waals surface area contributed by atoms with E-state index in [0.29, 0.717) is 11.1 Å². The number of aliphatic hydroxyl groups excluding tert-OH is 1. The Kier molecular flexibility index (Phi) is 9.29. The summed E-state index contributed by atoms with van der Waals surface area (Å²) in [5.74, 6) is 0. The Morgan fingerprint density at radius 1 is 1.29 bits per heavy atom. The van der Waals surface area contributed by atoms with Crippen molar-refractivity contribution in [3.8, 4) is 0 Å². The van der Waals surface area contributed by atoms with Gasteiger partial charge in [0.2, 0.25) is 6.23 Å². The smallest absolute Gasteiger partial charge is 0.219 e. The summed E-state index contributed by atoms with van der Waals surface area (Å²) in [7, 11) is 5.97. The maximum atomic E-state index is 10.3. The molecule has 0 aliphatic rings. The second kappa shape index (κ2) is 8.44. The molecule has 0 aromatic carbocycles. The maximum absolute atomic E-state index is 10.3. The molecule has 1 unspecified atom stereocenters. The number of carboxylic acid groups (broad SMARTS) is 1. The van der Waals surface area contributed by atoms with E-state index in [9.17, 15) is 5.11 Å². The molecule has 17 heavy (non-hydrogen) atoms. The first-order valence-corrected chi connectivity index (χ1v) is 5.94.